The van der Waals surface area contributed by atoms with Crippen molar-refractivity contribution in [1.29, 1.82) is 0 Å². The van der Waals surface area contributed by atoms with Crippen LogP contribution < -0.4 is 0 Å². The summed E-state index contributed by atoms with van der Waals surface area (Å²) in [5.41, 5.74) is -3.29. The van der Waals surface area contributed by atoms with Crippen molar-refractivity contribution in [2.45, 2.75) is 31.0 Å². The number of nitrogens with zero attached hydrogens (tertiary/aromatic N) is 1. The maximum Gasteiger partial charge on any atom is 0.416 e. The second-order valence-electron chi connectivity index (χ2n) is 7.19. The Hall–Kier alpha value is -2.09. The molecule has 1 aliphatic rings. The number of piperidine rings is 1. The van der Waals surface area contributed by atoms with Gasteiger partial charge in [-0.05, 0) is 43.6 Å². The number of likely N-dealkylation sites (tertiary alicyclic amines) is 1. The molecule has 4 nitrogen and oxygen atoms in total. The predicted molar refractivity (Wildman–Crippen MR) is 109 cm³/mol. The molecule has 0 spiro atoms. The van der Waals surface area contributed by atoms with E-state index in [1.165, 1.54) is 30.7 Å². The van der Waals surface area contributed by atoms with E-state index in [0.29, 0.717) is 6.54 Å². The third kappa shape index (κ3) is 5.53. The first kappa shape index (κ1) is 24.2. The lowest BCUT2D eigenvalue weighted by Gasteiger charge is -2.29. The molecule has 1 heterocycles. The van der Waals surface area contributed by atoms with Crippen LogP contribution in [0.5, 0.6) is 0 Å². The Bertz CT molecular complexity index is 826. The van der Waals surface area contributed by atoms with Gasteiger partial charge in [0.05, 0.1) is 5.56 Å². The van der Waals surface area contributed by atoms with Gasteiger partial charge in [-0.2, -0.15) is 13.2 Å². The van der Waals surface area contributed by atoms with Gasteiger partial charge in [0.1, 0.15) is 6.61 Å². The second kappa shape index (κ2) is 10.3. The first-order chi connectivity index (χ1) is 13.8. The van der Waals surface area contributed by atoms with Crippen LogP contribution in [-0.4, -0.2) is 42.2 Å². The Kier molecular flexibility index (Phi) is 8.29. The van der Waals surface area contributed by atoms with Crippen LogP contribution in [0.15, 0.2) is 54.6 Å². The van der Waals surface area contributed by atoms with Gasteiger partial charge in [-0.1, -0.05) is 48.9 Å². The molecule has 1 unspecified atom stereocenters. The number of ether oxygens (including phenoxy) is 1. The summed E-state index contributed by atoms with van der Waals surface area (Å²) in [5.74, 6) is -0.986. The Labute approximate surface area is 180 Å². The highest BCUT2D eigenvalue weighted by molar-refractivity contribution is 5.86. The van der Waals surface area contributed by atoms with E-state index in [9.17, 15) is 23.1 Å². The molecule has 3 rings (SSSR count). The molecule has 1 N–H and O–H groups in total. The van der Waals surface area contributed by atoms with Gasteiger partial charge in [-0.25, -0.2) is 4.79 Å². The maximum absolute atomic E-state index is 13.2. The van der Waals surface area contributed by atoms with Gasteiger partial charge in [-0.15, -0.1) is 12.4 Å². The summed E-state index contributed by atoms with van der Waals surface area (Å²) in [6.45, 7) is 2.44. The second-order valence-corrected chi connectivity index (χ2v) is 7.19. The summed E-state index contributed by atoms with van der Waals surface area (Å²) in [5, 5.41) is 11.3. The number of aliphatic hydroxyl groups is 1. The fourth-order valence-corrected chi connectivity index (χ4v) is 3.56. The quantitative estimate of drug-likeness (QED) is 0.673. The van der Waals surface area contributed by atoms with E-state index >= 15 is 0 Å². The number of benzene rings is 2. The van der Waals surface area contributed by atoms with Crippen LogP contribution in [0.25, 0.3) is 0 Å². The first-order valence-electron chi connectivity index (χ1n) is 9.67. The summed E-state index contributed by atoms with van der Waals surface area (Å²) in [6.07, 6.45) is -1.23. The van der Waals surface area contributed by atoms with Crippen molar-refractivity contribution < 1.29 is 27.8 Å². The van der Waals surface area contributed by atoms with Gasteiger partial charge in [0.2, 0.25) is 5.60 Å². The largest absolute Gasteiger partial charge is 0.462 e. The van der Waals surface area contributed by atoms with Crippen LogP contribution in [0.4, 0.5) is 13.2 Å². The molecular weight excluding hydrogens is 419 g/mol. The fourth-order valence-electron chi connectivity index (χ4n) is 3.56. The highest BCUT2D eigenvalue weighted by Gasteiger charge is 2.43. The minimum atomic E-state index is -4.59. The van der Waals surface area contributed by atoms with Gasteiger partial charge < -0.3 is 9.84 Å². The molecule has 30 heavy (non-hydrogen) atoms. The highest BCUT2D eigenvalue weighted by atomic mass is 35.5. The summed E-state index contributed by atoms with van der Waals surface area (Å²) >= 11 is 0. The summed E-state index contributed by atoms with van der Waals surface area (Å²) in [6, 6.07) is 12.1. The summed E-state index contributed by atoms with van der Waals surface area (Å²) in [7, 11) is 0. The normalized spacial score (nSPS) is 16.9. The number of alkyl halides is 3. The smallest absolute Gasteiger partial charge is 0.416 e. The van der Waals surface area contributed by atoms with Crippen molar-refractivity contribution in [3.05, 3.63) is 71.3 Å². The Morgan fingerprint density at radius 2 is 1.53 bits per heavy atom. The molecule has 2 aromatic carbocycles. The van der Waals surface area contributed by atoms with E-state index in [0.717, 1.165) is 38.1 Å². The molecule has 1 saturated heterocycles. The zero-order valence-electron chi connectivity index (χ0n) is 16.4. The summed E-state index contributed by atoms with van der Waals surface area (Å²) in [4.78, 5) is 15.1. The zero-order chi connectivity index (χ0) is 20.9. The van der Waals surface area contributed by atoms with Crippen molar-refractivity contribution >= 4 is 18.4 Å². The number of halogens is 4. The molecule has 164 valence electrons. The van der Waals surface area contributed by atoms with Crippen LogP contribution in [0.1, 0.15) is 36.0 Å². The van der Waals surface area contributed by atoms with E-state index in [4.69, 9.17) is 4.74 Å². The van der Waals surface area contributed by atoms with Gasteiger partial charge in [0, 0.05) is 12.1 Å². The number of rotatable bonds is 6. The Balaban J connectivity index is 0.00000320. The SMILES string of the molecule is Cl.O=C(OCCN1CCCCC1)C(O)(c1ccccc1)c1cccc(C(F)(F)F)c1. The van der Waals surface area contributed by atoms with Gasteiger partial charge in [-0.3, -0.25) is 4.90 Å². The molecule has 1 aliphatic heterocycles. The lowest BCUT2D eigenvalue weighted by Crippen LogP contribution is -2.40. The molecule has 8 heteroatoms. The van der Waals surface area contributed by atoms with Gasteiger partial charge in [0.25, 0.3) is 0 Å². The number of esters is 1. The molecule has 0 amide bonds. The highest BCUT2D eigenvalue weighted by Crippen LogP contribution is 2.36. The first-order valence-corrected chi connectivity index (χ1v) is 9.67. The van der Waals surface area contributed by atoms with Crippen LogP contribution in [0.3, 0.4) is 0 Å². The molecule has 0 aromatic heterocycles. The van der Waals surface area contributed by atoms with E-state index < -0.39 is 23.3 Å². The topological polar surface area (TPSA) is 49.8 Å². The lowest BCUT2D eigenvalue weighted by atomic mass is 9.85. The molecule has 1 atom stereocenters. The number of hydrogen-bond acceptors (Lipinski definition) is 4. The minimum Gasteiger partial charge on any atom is -0.462 e. The average molecular weight is 444 g/mol. The van der Waals surface area contributed by atoms with Crippen molar-refractivity contribution in [3.8, 4) is 0 Å². The summed E-state index contributed by atoms with van der Waals surface area (Å²) < 4.78 is 44.8. The molecule has 2 aromatic rings. The van der Waals surface area contributed by atoms with E-state index in [1.807, 2.05) is 0 Å². The molecule has 0 aliphatic carbocycles. The minimum absolute atomic E-state index is 0. The zero-order valence-corrected chi connectivity index (χ0v) is 17.2. The lowest BCUT2D eigenvalue weighted by molar-refractivity contribution is -0.163. The van der Waals surface area contributed by atoms with Crippen LogP contribution in [0, 0.1) is 0 Å². The standard InChI is InChI=1S/C22H24F3NO3.ClH/c23-22(24,25)19-11-7-10-18(16-19)21(28,17-8-3-1-4-9-17)20(27)29-15-14-26-12-5-2-6-13-26;/h1,3-4,7-11,16,28H,2,5-6,12-15H2;1H. The van der Waals surface area contributed by atoms with Crippen molar-refractivity contribution in [3.63, 3.8) is 0 Å². The van der Waals surface area contributed by atoms with Crippen LogP contribution >= 0.6 is 12.4 Å². The number of carbonyl (C=O) groups excluding carboxylic acids is 1. The Morgan fingerprint density at radius 1 is 0.933 bits per heavy atom. The van der Waals surface area contributed by atoms with Crippen LogP contribution in [0.2, 0.25) is 0 Å². The van der Waals surface area contributed by atoms with Crippen LogP contribution in [-0.2, 0) is 21.3 Å². The van der Waals surface area contributed by atoms with Gasteiger partial charge in [0.15, 0.2) is 0 Å². The molecular formula is C22H25ClF3NO3. The van der Waals surface area contributed by atoms with E-state index in [-0.39, 0.29) is 30.1 Å². The third-order valence-corrected chi connectivity index (χ3v) is 5.18. The van der Waals surface area contributed by atoms with Crippen molar-refractivity contribution in [2.24, 2.45) is 0 Å². The predicted octanol–water partition coefficient (Wildman–Crippen LogP) is 4.39. The van der Waals surface area contributed by atoms with E-state index in [1.54, 1.807) is 18.2 Å². The van der Waals surface area contributed by atoms with Gasteiger partial charge >= 0.3 is 12.1 Å². The average Bonchev–Trinajstić information content (AvgIpc) is 2.74. The molecule has 0 bridgehead atoms. The fraction of sp³-hybridized carbons (Fsp3) is 0.409. The molecule has 1 fully saturated rings. The third-order valence-electron chi connectivity index (χ3n) is 5.18. The molecule has 0 radical (unpaired) electrons. The monoisotopic (exact) mass is 443 g/mol. The molecule has 0 saturated carbocycles. The maximum atomic E-state index is 13.2. The Morgan fingerprint density at radius 3 is 2.17 bits per heavy atom. The van der Waals surface area contributed by atoms with Crippen molar-refractivity contribution in [2.75, 3.05) is 26.2 Å². The van der Waals surface area contributed by atoms with Crippen molar-refractivity contribution in [1.82, 2.24) is 4.90 Å². The number of carbonyl (C=O) groups is 1. The van der Waals surface area contributed by atoms with E-state index in [2.05, 4.69) is 4.90 Å². The number of hydrogen-bond donors (Lipinski definition) is 1.